The van der Waals surface area contributed by atoms with Crippen molar-refractivity contribution in [1.29, 1.82) is 0 Å². The van der Waals surface area contributed by atoms with Gasteiger partial charge >= 0.3 is 0 Å². The molecule has 0 bridgehead atoms. The van der Waals surface area contributed by atoms with Gasteiger partial charge in [0.2, 0.25) is 5.91 Å². The lowest BCUT2D eigenvalue weighted by atomic mass is 10.5. The Labute approximate surface area is 103 Å². The zero-order valence-electron chi connectivity index (χ0n) is 9.30. The number of hydrogen-bond acceptors (Lipinski definition) is 4. The van der Waals surface area contributed by atoms with Crippen LogP contribution in [0.3, 0.4) is 0 Å². The van der Waals surface area contributed by atoms with Gasteiger partial charge in [-0.2, -0.15) is 0 Å². The number of hydrogen-bond donors (Lipinski definition) is 2. The topological polar surface area (TPSA) is 72.4 Å². The van der Waals surface area contributed by atoms with Crippen molar-refractivity contribution in [2.24, 2.45) is 5.73 Å². The standard InChI is InChI=1S/C11H14N4OS/c12-8-10(16)14-5-7-17-11-3-1-2-9-13-4-6-15(9)11/h1-4,6H,5,7-8,12H2,(H,14,16). The number of nitrogens with one attached hydrogen (secondary N) is 1. The Morgan fingerprint density at radius 3 is 3.24 bits per heavy atom. The lowest BCUT2D eigenvalue weighted by molar-refractivity contribution is -0.119. The minimum atomic E-state index is -0.119. The Hall–Kier alpha value is -1.53. The minimum absolute atomic E-state index is 0.0434. The lowest BCUT2D eigenvalue weighted by Gasteiger charge is -2.05. The van der Waals surface area contributed by atoms with E-state index in [2.05, 4.69) is 10.3 Å². The van der Waals surface area contributed by atoms with Crippen molar-refractivity contribution in [3.05, 3.63) is 30.6 Å². The number of aromatic nitrogens is 2. The molecule has 6 heteroatoms. The highest BCUT2D eigenvalue weighted by atomic mass is 32.2. The number of nitrogens with zero attached hydrogens (tertiary/aromatic N) is 2. The van der Waals surface area contributed by atoms with Crippen LogP contribution in [0.5, 0.6) is 0 Å². The van der Waals surface area contributed by atoms with Crippen molar-refractivity contribution in [3.63, 3.8) is 0 Å². The molecule has 0 fully saturated rings. The van der Waals surface area contributed by atoms with Gasteiger partial charge in [-0.1, -0.05) is 6.07 Å². The predicted molar refractivity (Wildman–Crippen MR) is 68.0 cm³/mol. The van der Waals surface area contributed by atoms with E-state index in [1.54, 1.807) is 18.0 Å². The van der Waals surface area contributed by atoms with Gasteiger partial charge in [-0.05, 0) is 12.1 Å². The monoisotopic (exact) mass is 250 g/mol. The summed E-state index contributed by atoms with van der Waals surface area (Å²) in [5, 5.41) is 3.85. The maximum Gasteiger partial charge on any atom is 0.233 e. The van der Waals surface area contributed by atoms with E-state index in [1.165, 1.54) is 0 Å². The number of carbonyl (C=O) groups excluding carboxylic acids is 1. The van der Waals surface area contributed by atoms with Crippen LogP contribution in [0.15, 0.2) is 35.6 Å². The van der Waals surface area contributed by atoms with E-state index in [1.807, 2.05) is 28.8 Å². The second kappa shape index (κ2) is 5.70. The van der Waals surface area contributed by atoms with Crippen LogP contribution in [0.2, 0.25) is 0 Å². The van der Waals surface area contributed by atoms with Crippen LogP contribution in [0.25, 0.3) is 5.65 Å². The summed E-state index contributed by atoms with van der Waals surface area (Å²) in [7, 11) is 0. The van der Waals surface area contributed by atoms with Crippen LogP contribution in [-0.4, -0.2) is 34.1 Å². The summed E-state index contributed by atoms with van der Waals surface area (Å²) in [6, 6.07) is 5.97. The third kappa shape index (κ3) is 2.98. The number of fused-ring (bicyclic) bond motifs is 1. The second-order valence-electron chi connectivity index (χ2n) is 3.42. The van der Waals surface area contributed by atoms with Crippen molar-refractivity contribution in [1.82, 2.24) is 14.7 Å². The molecule has 90 valence electrons. The third-order valence-corrected chi connectivity index (χ3v) is 3.29. The zero-order valence-corrected chi connectivity index (χ0v) is 10.1. The number of rotatable bonds is 5. The minimum Gasteiger partial charge on any atom is -0.354 e. The molecule has 17 heavy (non-hydrogen) atoms. The summed E-state index contributed by atoms with van der Waals surface area (Å²) in [6.07, 6.45) is 3.70. The van der Waals surface area contributed by atoms with Crippen LogP contribution in [0, 0.1) is 0 Å². The van der Waals surface area contributed by atoms with E-state index in [4.69, 9.17) is 5.73 Å². The van der Waals surface area contributed by atoms with E-state index in [9.17, 15) is 4.79 Å². The van der Waals surface area contributed by atoms with E-state index in [0.29, 0.717) is 6.54 Å². The maximum absolute atomic E-state index is 10.9. The average molecular weight is 250 g/mol. The number of imidazole rings is 1. The Morgan fingerprint density at radius 2 is 2.41 bits per heavy atom. The summed E-state index contributed by atoms with van der Waals surface area (Å²) in [6.45, 7) is 0.660. The molecule has 0 spiro atoms. The Bertz CT molecular complexity index is 511. The molecule has 0 aliphatic heterocycles. The number of pyridine rings is 1. The Balaban J connectivity index is 1.91. The van der Waals surface area contributed by atoms with Gasteiger partial charge in [-0.3, -0.25) is 9.20 Å². The number of nitrogens with two attached hydrogens (primary N) is 1. The first-order chi connectivity index (χ1) is 8.31. The van der Waals surface area contributed by atoms with Crippen LogP contribution in [-0.2, 0) is 4.79 Å². The molecule has 5 nitrogen and oxygen atoms in total. The fourth-order valence-corrected chi connectivity index (χ4v) is 2.34. The van der Waals surface area contributed by atoms with Crippen molar-refractivity contribution >= 4 is 23.3 Å². The van der Waals surface area contributed by atoms with Crippen LogP contribution in [0.1, 0.15) is 0 Å². The first-order valence-corrected chi connectivity index (χ1v) is 6.31. The normalized spacial score (nSPS) is 10.6. The molecule has 0 saturated carbocycles. The molecule has 2 heterocycles. The molecule has 2 aromatic rings. The summed E-state index contributed by atoms with van der Waals surface area (Å²) < 4.78 is 2.02. The molecule has 0 aliphatic carbocycles. The highest BCUT2D eigenvalue weighted by molar-refractivity contribution is 7.99. The van der Waals surface area contributed by atoms with Gasteiger partial charge in [0.25, 0.3) is 0 Å². The molecule has 1 amide bonds. The Kier molecular flexibility index (Phi) is 4.00. The van der Waals surface area contributed by atoms with Crippen molar-refractivity contribution < 1.29 is 4.79 Å². The van der Waals surface area contributed by atoms with E-state index < -0.39 is 0 Å². The molecule has 0 saturated heterocycles. The van der Waals surface area contributed by atoms with Gasteiger partial charge in [-0.15, -0.1) is 11.8 Å². The first-order valence-electron chi connectivity index (χ1n) is 5.33. The lowest BCUT2D eigenvalue weighted by Crippen LogP contribution is -2.31. The van der Waals surface area contributed by atoms with Crippen LogP contribution < -0.4 is 11.1 Å². The highest BCUT2D eigenvalue weighted by Gasteiger charge is 2.01. The second-order valence-corrected chi connectivity index (χ2v) is 4.54. The number of carbonyl (C=O) groups is 1. The largest absolute Gasteiger partial charge is 0.354 e. The molecular formula is C11H14N4OS. The SMILES string of the molecule is NCC(=O)NCCSc1cccc2nccn12. The molecule has 0 aliphatic rings. The molecule has 0 unspecified atom stereocenters. The van der Waals surface area contributed by atoms with Crippen LogP contribution in [0.4, 0.5) is 0 Å². The maximum atomic E-state index is 10.9. The van der Waals surface area contributed by atoms with Crippen molar-refractivity contribution in [2.75, 3.05) is 18.8 Å². The average Bonchev–Trinajstić information content (AvgIpc) is 2.83. The van der Waals surface area contributed by atoms with Gasteiger partial charge in [0.05, 0.1) is 11.6 Å². The van der Waals surface area contributed by atoms with Crippen LogP contribution >= 0.6 is 11.8 Å². The van der Waals surface area contributed by atoms with Gasteiger partial charge in [0.1, 0.15) is 5.65 Å². The fraction of sp³-hybridized carbons (Fsp3) is 0.273. The summed E-state index contributed by atoms with van der Waals surface area (Å²) in [4.78, 5) is 15.1. The fourth-order valence-electron chi connectivity index (χ4n) is 1.46. The molecular weight excluding hydrogens is 236 g/mol. The predicted octanol–water partition coefficient (Wildman–Crippen LogP) is 0.501. The van der Waals surface area contributed by atoms with Gasteiger partial charge in [-0.25, -0.2) is 4.98 Å². The molecule has 0 aromatic carbocycles. The van der Waals surface area contributed by atoms with Crippen molar-refractivity contribution in [2.45, 2.75) is 5.03 Å². The highest BCUT2D eigenvalue weighted by Crippen LogP contribution is 2.18. The Morgan fingerprint density at radius 1 is 1.53 bits per heavy atom. The number of amides is 1. The van der Waals surface area contributed by atoms with E-state index in [-0.39, 0.29) is 12.5 Å². The van der Waals surface area contributed by atoms with E-state index >= 15 is 0 Å². The molecule has 0 atom stereocenters. The summed E-state index contributed by atoms with van der Waals surface area (Å²) in [5.74, 6) is 0.690. The molecule has 2 rings (SSSR count). The van der Waals surface area contributed by atoms with Gasteiger partial charge < -0.3 is 11.1 Å². The molecule has 3 N–H and O–H groups in total. The molecule has 0 radical (unpaired) electrons. The van der Waals surface area contributed by atoms with Gasteiger partial charge in [0.15, 0.2) is 0 Å². The number of thioether (sulfide) groups is 1. The van der Waals surface area contributed by atoms with Gasteiger partial charge in [0, 0.05) is 24.7 Å². The smallest absolute Gasteiger partial charge is 0.233 e. The molecule has 2 aromatic heterocycles. The van der Waals surface area contributed by atoms with E-state index in [0.717, 1.165) is 16.4 Å². The summed E-state index contributed by atoms with van der Waals surface area (Å²) in [5.41, 5.74) is 6.13. The zero-order chi connectivity index (χ0) is 12.1. The summed E-state index contributed by atoms with van der Waals surface area (Å²) >= 11 is 1.67. The quantitative estimate of drug-likeness (QED) is 0.599. The first kappa shape index (κ1) is 11.9. The third-order valence-electron chi connectivity index (χ3n) is 2.25. The van der Waals surface area contributed by atoms with Crippen molar-refractivity contribution in [3.8, 4) is 0 Å².